The van der Waals surface area contributed by atoms with Crippen LogP contribution in [-0.2, 0) is 39.8 Å². The number of nitrogens with zero attached hydrogens (tertiary/aromatic N) is 4. The zero-order valence-corrected chi connectivity index (χ0v) is 34.9. The summed E-state index contributed by atoms with van der Waals surface area (Å²) in [5.74, 6) is -2.18. The van der Waals surface area contributed by atoms with Crippen LogP contribution in [0.2, 0.25) is 0 Å². The van der Waals surface area contributed by atoms with E-state index >= 15 is 0 Å². The number of aryl methyl sites for hydroxylation is 3. The summed E-state index contributed by atoms with van der Waals surface area (Å²) in [5.41, 5.74) is -2.96. The quantitative estimate of drug-likeness (QED) is 0.135. The molecule has 0 amide bonds. The van der Waals surface area contributed by atoms with Gasteiger partial charge in [0.1, 0.15) is 11.4 Å². The average Bonchev–Trinajstić information content (AvgIpc) is 3.16. The minimum absolute atomic E-state index is 0. The van der Waals surface area contributed by atoms with Crippen molar-refractivity contribution >= 4 is 54.6 Å². The summed E-state index contributed by atoms with van der Waals surface area (Å²) >= 11 is 5.35. The van der Waals surface area contributed by atoms with Crippen molar-refractivity contribution in [1.82, 2.24) is 18.6 Å². The number of aromatic nitrogens is 3. The Hall–Kier alpha value is -3.02. The zero-order chi connectivity index (χ0) is 43.6. The van der Waals surface area contributed by atoms with Crippen molar-refractivity contribution in [2.45, 2.75) is 56.1 Å². The molecule has 14 nitrogen and oxygen atoms in total. The Morgan fingerprint density at radius 1 is 0.638 bits per heavy atom. The Morgan fingerprint density at radius 2 is 1.00 bits per heavy atom. The molecule has 4 N–H and O–H groups in total. The maximum Gasteiger partial charge on any atom is 0.269 e. The van der Waals surface area contributed by atoms with E-state index in [-0.39, 0.29) is 23.8 Å². The minimum Gasteiger partial charge on any atom is -0.503 e. The van der Waals surface area contributed by atoms with Crippen LogP contribution in [0.4, 0.5) is 26.3 Å². The molecule has 3 aromatic heterocycles. The van der Waals surface area contributed by atoms with Gasteiger partial charge in [0.15, 0.2) is 23.4 Å². The molecule has 0 aliphatic carbocycles. The van der Waals surface area contributed by atoms with E-state index in [1.807, 2.05) is 0 Å². The molecule has 5 rings (SSSR count). The van der Waals surface area contributed by atoms with Gasteiger partial charge in [0.2, 0.25) is 25.5 Å². The number of hydrogen-bond acceptors (Lipinski definition) is 11. The maximum absolute atomic E-state index is 13.4. The number of aliphatic hydroxyl groups is 1. The molecule has 2 saturated heterocycles. The number of halogens is 10. The Morgan fingerprint density at radius 3 is 1.34 bits per heavy atom. The first-order valence-electron chi connectivity index (χ1n) is 16.6. The fourth-order valence-corrected chi connectivity index (χ4v) is 5.41. The van der Waals surface area contributed by atoms with Crippen LogP contribution in [0, 0.1) is 0 Å². The molecule has 58 heavy (non-hydrogen) atoms. The number of rotatable bonds is 7. The highest BCUT2D eigenvalue weighted by Crippen LogP contribution is 2.32. The van der Waals surface area contributed by atoms with Gasteiger partial charge in [-0.3, -0.25) is 19.3 Å². The number of aliphatic hydroxyl groups excluding tert-OH is 1. The molecule has 332 valence electrons. The fourth-order valence-electron chi connectivity index (χ4n) is 5.15. The van der Waals surface area contributed by atoms with Gasteiger partial charge in [-0.1, -0.05) is 0 Å². The van der Waals surface area contributed by atoms with Gasteiger partial charge in [-0.2, -0.15) is 0 Å². The maximum atomic E-state index is 13.4. The van der Waals surface area contributed by atoms with Crippen molar-refractivity contribution in [1.29, 1.82) is 0 Å². The first-order chi connectivity index (χ1) is 26.6. The van der Waals surface area contributed by atoms with E-state index in [0.29, 0.717) is 26.3 Å². The number of morpholine rings is 1. The van der Waals surface area contributed by atoms with E-state index in [1.165, 1.54) is 73.0 Å². The van der Waals surface area contributed by atoms with Gasteiger partial charge in [0, 0.05) is 106 Å². The van der Waals surface area contributed by atoms with Crippen molar-refractivity contribution in [3.05, 3.63) is 84.5 Å². The Balaban J connectivity index is 0.000000752. The number of pyridine rings is 3. The molecule has 3 atom stereocenters. The third kappa shape index (κ3) is 17.7. The van der Waals surface area contributed by atoms with Crippen molar-refractivity contribution in [3.63, 3.8) is 0 Å². The van der Waals surface area contributed by atoms with Gasteiger partial charge in [0.05, 0.1) is 30.3 Å². The van der Waals surface area contributed by atoms with Crippen LogP contribution in [0.25, 0.3) is 0 Å². The molecule has 0 saturated carbocycles. The molecule has 3 aromatic rings. The topological polar surface area (TPSA) is 186 Å². The molecular weight excluding hydrogens is 900 g/mol. The summed E-state index contributed by atoms with van der Waals surface area (Å²) in [5, 5.41) is 35.5. The smallest absolute Gasteiger partial charge is 0.269 e. The van der Waals surface area contributed by atoms with Gasteiger partial charge in [-0.25, -0.2) is 30.6 Å². The van der Waals surface area contributed by atoms with Gasteiger partial charge in [-0.05, 0) is 19.3 Å². The Labute approximate surface area is 351 Å². The first-order valence-corrected chi connectivity index (χ1v) is 19.8. The highest BCUT2D eigenvalue weighted by Gasteiger charge is 2.34. The number of hydrogen-bond donors (Lipinski definition) is 4. The minimum atomic E-state index is -3.05. The molecule has 25 heteroatoms. The molecule has 0 spiro atoms. The molecule has 0 radical (unpaired) electrons. The van der Waals surface area contributed by atoms with Crippen LogP contribution in [-0.4, -0.2) is 102 Å². The lowest BCUT2D eigenvalue weighted by molar-refractivity contribution is -0.0379. The monoisotopic (exact) mass is 942 g/mol. The van der Waals surface area contributed by atoms with E-state index in [2.05, 4.69) is 21.4 Å². The Bertz CT molecular complexity index is 1800. The van der Waals surface area contributed by atoms with Crippen LogP contribution in [0.15, 0.2) is 51.2 Å². The summed E-state index contributed by atoms with van der Waals surface area (Å²) in [4.78, 5) is 34.8. The van der Waals surface area contributed by atoms with Crippen LogP contribution < -0.4 is 16.3 Å². The van der Waals surface area contributed by atoms with Crippen LogP contribution in [0.1, 0.15) is 53.9 Å². The van der Waals surface area contributed by atoms with Crippen molar-refractivity contribution in [3.8, 4) is 17.2 Å². The molecular formula is C33H44Cl4F6N4O10S. The fraction of sp³-hybridized carbons (Fsp3) is 0.545. The average molecular weight is 945 g/mol. The predicted octanol–water partition coefficient (Wildman–Crippen LogP) is 5.41. The second-order valence-corrected chi connectivity index (χ2v) is 14.9. The summed E-state index contributed by atoms with van der Waals surface area (Å²) in [7, 11) is 11.7. The standard InChI is InChI=1S/C12H16F2N2O3.C8H8ClF2NO2.C8H9F2NO3.C5H10O.Cl2OS.ClH/c1-15-3-2-8(17)11(18)9(15)10(12(13)14)16-4-6-19-7-5-16;1-12-3-2-4(13)7(14)6(12)5(9)8(10)11;1-11-3-2-4(12)6(13)5(11)7(14)8(9)10;1-2-4-6-5-3-1;1-4(2)3;/h2-3,10,12,18H,4-7H2,1H3;2-3,5,8,14H,1H3;2-3,7-8,13-14H,1H3;1-5H2;;1H. The number of aromatic hydroxyl groups is 3. The van der Waals surface area contributed by atoms with E-state index in [9.17, 15) is 56.0 Å². The third-order valence-corrected chi connectivity index (χ3v) is 8.35. The molecule has 2 aliphatic heterocycles. The normalized spacial score (nSPS) is 15.6. The van der Waals surface area contributed by atoms with E-state index < -0.39 is 85.3 Å². The second kappa shape index (κ2) is 27.7. The van der Waals surface area contributed by atoms with Gasteiger partial charge in [0.25, 0.3) is 19.3 Å². The lowest BCUT2D eigenvalue weighted by atomic mass is 10.1. The van der Waals surface area contributed by atoms with Crippen molar-refractivity contribution in [2.75, 3.05) is 39.5 Å². The second-order valence-electron chi connectivity index (χ2n) is 11.9. The third-order valence-electron chi connectivity index (χ3n) is 7.95. The van der Waals surface area contributed by atoms with Crippen LogP contribution >= 0.6 is 45.4 Å². The summed E-state index contributed by atoms with van der Waals surface area (Å²) in [6, 6.07) is 1.95. The van der Waals surface area contributed by atoms with Crippen LogP contribution in [0.5, 0.6) is 17.2 Å². The zero-order valence-electron chi connectivity index (χ0n) is 31.0. The largest absolute Gasteiger partial charge is 0.503 e. The summed E-state index contributed by atoms with van der Waals surface area (Å²) in [6.07, 6.45) is -2.96. The highest BCUT2D eigenvalue weighted by molar-refractivity contribution is 8.26. The Kier molecular flexibility index (Phi) is 26.2. The van der Waals surface area contributed by atoms with Gasteiger partial charge in [-0.15, -0.1) is 24.0 Å². The van der Waals surface area contributed by atoms with Gasteiger partial charge >= 0.3 is 0 Å². The lowest BCUT2D eigenvalue weighted by Gasteiger charge is -2.34. The highest BCUT2D eigenvalue weighted by atomic mass is 36.0. The van der Waals surface area contributed by atoms with E-state index in [1.54, 1.807) is 0 Å². The first kappa shape index (κ1) is 55.0. The van der Waals surface area contributed by atoms with Crippen molar-refractivity contribution in [2.24, 2.45) is 21.1 Å². The molecule has 5 heterocycles. The van der Waals surface area contributed by atoms with Crippen molar-refractivity contribution < 1.29 is 60.5 Å². The summed E-state index contributed by atoms with van der Waals surface area (Å²) in [6.45, 7) is 3.42. The molecule has 0 aromatic carbocycles. The molecule has 2 fully saturated rings. The van der Waals surface area contributed by atoms with E-state index in [4.69, 9.17) is 30.4 Å². The SMILES string of the molecule is C1CCOCC1.Cl.Cn1ccc(=O)c(O)c1C(C(F)F)N1CCOCC1.Cn1ccc(=O)c(O)c1C(Cl)C(F)F.Cn1ccc(=O)c(O)c1C(O)C(F)F.O=S(Cl)Cl. The van der Waals surface area contributed by atoms with E-state index in [0.717, 1.165) is 36.0 Å². The summed E-state index contributed by atoms with van der Waals surface area (Å²) < 4.78 is 98.4. The number of ether oxygens (including phenoxy) is 2. The molecule has 3 unspecified atom stereocenters. The molecule has 2 aliphatic rings. The van der Waals surface area contributed by atoms with Crippen LogP contribution in [0.3, 0.4) is 0 Å². The van der Waals surface area contributed by atoms with Gasteiger partial charge < -0.3 is 43.6 Å². The predicted molar refractivity (Wildman–Crippen MR) is 209 cm³/mol. The lowest BCUT2D eigenvalue weighted by Crippen LogP contribution is -2.43. The molecule has 0 bridgehead atoms. The number of alkyl halides is 7.